The molecule has 1 aromatic carbocycles. The van der Waals surface area contributed by atoms with Crippen molar-refractivity contribution in [2.24, 2.45) is 0 Å². The van der Waals surface area contributed by atoms with E-state index in [2.05, 4.69) is 4.74 Å². The van der Waals surface area contributed by atoms with Crippen LogP contribution in [-0.4, -0.2) is 25.1 Å². The van der Waals surface area contributed by atoms with Crippen molar-refractivity contribution in [1.82, 2.24) is 0 Å². The predicted octanol–water partition coefficient (Wildman–Crippen LogP) is 0.972. The average molecular weight is 226 g/mol. The van der Waals surface area contributed by atoms with Crippen LogP contribution in [0, 0.1) is 10.1 Å². The molecular weight excluding hydrogens is 216 g/mol. The van der Waals surface area contributed by atoms with Crippen LogP contribution in [0.25, 0.3) is 0 Å². The van der Waals surface area contributed by atoms with Gasteiger partial charge in [0.05, 0.1) is 24.8 Å². The van der Waals surface area contributed by atoms with E-state index in [0.29, 0.717) is 0 Å². The number of ether oxygens (including phenoxy) is 2. The molecule has 0 fully saturated rings. The van der Waals surface area contributed by atoms with Crippen molar-refractivity contribution < 1.29 is 19.2 Å². The summed E-state index contributed by atoms with van der Waals surface area (Å²) in [7, 11) is 2.46. The number of carbonyl (C=O) groups excluding carboxylic acids is 1. The Hall–Kier alpha value is -2.31. The number of methoxy groups -OCH3 is 2. The molecule has 0 saturated carbocycles. The van der Waals surface area contributed by atoms with Gasteiger partial charge < -0.3 is 15.2 Å². The summed E-state index contributed by atoms with van der Waals surface area (Å²) in [5, 5.41) is 10.7. The number of nitro benzene ring substituents is 1. The fraction of sp³-hybridized carbons (Fsp3) is 0.222. The smallest absolute Gasteiger partial charge is 0.347 e. The normalized spacial score (nSPS) is 9.62. The molecule has 1 rings (SSSR count). The minimum absolute atomic E-state index is 0.108. The Morgan fingerprint density at radius 1 is 1.44 bits per heavy atom. The summed E-state index contributed by atoms with van der Waals surface area (Å²) in [6.07, 6.45) is 0. The van der Waals surface area contributed by atoms with E-state index in [0.717, 1.165) is 13.2 Å². The number of carbonyl (C=O) groups is 1. The lowest BCUT2D eigenvalue weighted by Gasteiger charge is -2.08. The molecule has 0 aliphatic carbocycles. The van der Waals surface area contributed by atoms with E-state index >= 15 is 0 Å². The topological polar surface area (TPSA) is 105 Å². The molecule has 86 valence electrons. The Morgan fingerprint density at radius 3 is 2.50 bits per heavy atom. The number of nitrogen functional groups attached to an aromatic ring is 1. The number of nitro groups is 1. The molecule has 0 unspecified atom stereocenters. The van der Waals surface area contributed by atoms with Crippen LogP contribution in [0.1, 0.15) is 10.4 Å². The molecule has 0 bridgehead atoms. The molecule has 0 amide bonds. The number of hydrogen-bond donors (Lipinski definition) is 1. The van der Waals surface area contributed by atoms with Crippen LogP contribution in [0.2, 0.25) is 0 Å². The Kier molecular flexibility index (Phi) is 3.29. The monoisotopic (exact) mass is 226 g/mol. The fourth-order valence-electron chi connectivity index (χ4n) is 1.24. The van der Waals surface area contributed by atoms with Crippen LogP contribution >= 0.6 is 0 Å². The first kappa shape index (κ1) is 11.8. The van der Waals surface area contributed by atoms with Gasteiger partial charge in [0.25, 0.3) is 5.69 Å². The van der Waals surface area contributed by atoms with Gasteiger partial charge in [-0.05, 0) is 6.07 Å². The molecule has 7 nitrogen and oxygen atoms in total. The SMILES string of the molecule is COC(=O)c1c([N+](=O)[O-])ccc(OC)c1N. The Morgan fingerprint density at radius 2 is 2.06 bits per heavy atom. The average Bonchev–Trinajstić information content (AvgIpc) is 2.27. The first-order valence-corrected chi connectivity index (χ1v) is 4.22. The highest BCUT2D eigenvalue weighted by Gasteiger charge is 2.26. The van der Waals surface area contributed by atoms with Crippen LogP contribution in [0.5, 0.6) is 5.75 Å². The zero-order chi connectivity index (χ0) is 12.3. The molecule has 0 saturated heterocycles. The van der Waals surface area contributed by atoms with E-state index in [-0.39, 0.29) is 17.0 Å². The van der Waals surface area contributed by atoms with Crippen LogP contribution in [0.4, 0.5) is 11.4 Å². The molecule has 0 aromatic heterocycles. The lowest BCUT2D eigenvalue weighted by Crippen LogP contribution is -2.10. The van der Waals surface area contributed by atoms with Crippen molar-refractivity contribution >= 4 is 17.3 Å². The minimum atomic E-state index is -0.872. The Labute approximate surface area is 90.9 Å². The number of rotatable bonds is 3. The van der Waals surface area contributed by atoms with E-state index in [1.54, 1.807) is 0 Å². The van der Waals surface area contributed by atoms with Crippen molar-refractivity contribution in [3.05, 3.63) is 27.8 Å². The van der Waals surface area contributed by atoms with E-state index in [9.17, 15) is 14.9 Å². The van der Waals surface area contributed by atoms with Crippen molar-refractivity contribution in [2.75, 3.05) is 20.0 Å². The molecule has 0 radical (unpaired) electrons. The summed E-state index contributed by atoms with van der Waals surface area (Å²) in [6, 6.07) is 2.46. The maximum atomic E-state index is 11.4. The highest BCUT2D eigenvalue weighted by molar-refractivity contribution is 6.00. The Balaban J connectivity index is 3.48. The van der Waals surface area contributed by atoms with Crippen molar-refractivity contribution in [3.8, 4) is 5.75 Å². The zero-order valence-corrected chi connectivity index (χ0v) is 8.72. The second kappa shape index (κ2) is 4.47. The van der Waals surface area contributed by atoms with Gasteiger partial charge in [-0.2, -0.15) is 0 Å². The molecule has 0 aliphatic heterocycles. The largest absolute Gasteiger partial charge is 0.495 e. The maximum Gasteiger partial charge on any atom is 0.347 e. The van der Waals surface area contributed by atoms with E-state index in [4.69, 9.17) is 10.5 Å². The van der Waals surface area contributed by atoms with Gasteiger partial charge in [-0.3, -0.25) is 10.1 Å². The molecule has 0 atom stereocenters. The number of nitrogens with two attached hydrogens (primary N) is 1. The van der Waals surface area contributed by atoms with Crippen molar-refractivity contribution in [1.29, 1.82) is 0 Å². The summed E-state index contributed by atoms with van der Waals surface area (Å²) in [4.78, 5) is 21.4. The summed E-state index contributed by atoms with van der Waals surface area (Å²) in [5.41, 5.74) is 4.76. The van der Waals surface area contributed by atoms with Gasteiger partial charge >= 0.3 is 5.97 Å². The molecule has 2 N–H and O–H groups in total. The van der Waals surface area contributed by atoms with E-state index in [1.165, 1.54) is 13.2 Å². The first-order valence-electron chi connectivity index (χ1n) is 4.22. The quantitative estimate of drug-likeness (QED) is 0.356. The highest BCUT2D eigenvalue weighted by atomic mass is 16.6. The summed E-state index contributed by atoms with van der Waals surface area (Å²) in [5.74, 6) is -0.686. The van der Waals surface area contributed by atoms with Crippen molar-refractivity contribution in [2.45, 2.75) is 0 Å². The molecule has 0 aliphatic rings. The lowest BCUT2D eigenvalue weighted by atomic mass is 10.1. The first-order chi connectivity index (χ1) is 7.52. The molecule has 1 aromatic rings. The lowest BCUT2D eigenvalue weighted by molar-refractivity contribution is -0.385. The van der Waals surface area contributed by atoms with Gasteiger partial charge in [0, 0.05) is 6.07 Å². The van der Waals surface area contributed by atoms with E-state index in [1.807, 2.05) is 0 Å². The number of esters is 1. The van der Waals surface area contributed by atoms with Crippen LogP contribution in [-0.2, 0) is 4.74 Å². The number of hydrogen-bond acceptors (Lipinski definition) is 6. The van der Waals surface area contributed by atoms with Gasteiger partial charge in [-0.15, -0.1) is 0 Å². The van der Waals surface area contributed by atoms with Gasteiger partial charge in [0.1, 0.15) is 5.75 Å². The predicted molar refractivity (Wildman–Crippen MR) is 55.4 cm³/mol. The molecule has 0 heterocycles. The van der Waals surface area contributed by atoms with Crippen LogP contribution < -0.4 is 10.5 Å². The zero-order valence-electron chi connectivity index (χ0n) is 8.72. The van der Waals surface area contributed by atoms with Gasteiger partial charge in [-0.25, -0.2) is 4.79 Å². The number of anilines is 1. The summed E-state index contributed by atoms with van der Waals surface area (Å²) < 4.78 is 9.29. The van der Waals surface area contributed by atoms with Crippen LogP contribution in [0.3, 0.4) is 0 Å². The fourth-order valence-corrected chi connectivity index (χ4v) is 1.24. The van der Waals surface area contributed by atoms with Gasteiger partial charge in [-0.1, -0.05) is 0 Å². The summed E-state index contributed by atoms with van der Waals surface area (Å²) >= 11 is 0. The number of benzene rings is 1. The molecular formula is C9H10N2O5. The second-order valence-corrected chi connectivity index (χ2v) is 2.82. The highest BCUT2D eigenvalue weighted by Crippen LogP contribution is 2.32. The third kappa shape index (κ3) is 1.88. The van der Waals surface area contributed by atoms with Gasteiger partial charge in [0.2, 0.25) is 0 Å². The van der Waals surface area contributed by atoms with Crippen LogP contribution in [0.15, 0.2) is 12.1 Å². The minimum Gasteiger partial charge on any atom is -0.495 e. The van der Waals surface area contributed by atoms with E-state index < -0.39 is 16.6 Å². The second-order valence-electron chi connectivity index (χ2n) is 2.82. The van der Waals surface area contributed by atoms with Gasteiger partial charge in [0.15, 0.2) is 5.56 Å². The summed E-state index contributed by atoms with van der Waals surface area (Å²) in [6.45, 7) is 0. The number of nitrogens with zero attached hydrogens (tertiary/aromatic N) is 1. The molecule has 16 heavy (non-hydrogen) atoms. The Bertz CT molecular complexity index is 444. The maximum absolute atomic E-state index is 11.4. The standard InChI is InChI=1S/C9H10N2O5/c1-15-6-4-3-5(11(13)14)7(8(6)10)9(12)16-2/h3-4H,10H2,1-2H3. The molecule has 0 spiro atoms. The third-order valence-corrected chi connectivity index (χ3v) is 1.99. The third-order valence-electron chi connectivity index (χ3n) is 1.99. The van der Waals surface area contributed by atoms with Crippen molar-refractivity contribution in [3.63, 3.8) is 0 Å². The molecule has 7 heteroatoms.